The number of hydrogen-bond donors (Lipinski definition) is 1. The second-order valence-electron chi connectivity index (χ2n) is 9.73. The first kappa shape index (κ1) is 21.6. The maximum absolute atomic E-state index is 11.2. The Kier molecular flexibility index (Phi) is 4.46. The summed E-state index contributed by atoms with van der Waals surface area (Å²) in [5, 5.41) is 6.87. The number of allylic oxidation sites excluding steroid dienone is 2. The topological polar surface area (TPSA) is 74.7 Å². The molecule has 0 saturated carbocycles. The van der Waals surface area contributed by atoms with Gasteiger partial charge < -0.3 is 4.98 Å². The van der Waals surface area contributed by atoms with Crippen molar-refractivity contribution in [3.8, 4) is 11.1 Å². The molecular weight excluding hydrogens is 482 g/mol. The molecule has 39 heavy (non-hydrogen) atoms. The summed E-state index contributed by atoms with van der Waals surface area (Å²) in [6, 6.07) is 32.1. The summed E-state index contributed by atoms with van der Waals surface area (Å²) in [6.07, 6.45) is 2.62. The van der Waals surface area contributed by atoms with Crippen molar-refractivity contribution in [2.75, 3.05) is 0 Å². The van der Waals surface area contributed by atoms with Gasteiger partial charge >= 0.3 is 0 Å². The van der Waals surface area contributed by atoms with E-state index in [1.807, 2.05) is 6.07 Å². The number of carbonyl (C=O) groups is 2. The number of ketones is 2. The van der Waals surface area contributed by atoms with Crippen LogP contribution in [0.25, 0.3) is 32.9 Å². The number of carbonyl (C=O) groups excluding carboxylic acids is 2. The number of H-pyrrole nitrogens is 1. The SMILES string of the molecule is O=C1C=CC(=O)c2ccccc21.c1ccc2c(c1)N=c1c-2c2c(c3[nH]c4ccccc4c13)=c1ccccc1=N2. The van der Waals surface area contributed by atoms with Crippen LogP contribution in [-0.4, -0.2) is 16.6 Å². The average Bonchev–Trinajstić information content (AvgIpc) is 3.66. The van der Waals surface area contributed by atoms with Gasteiger partial charge in [0.1, 0.15) is 0 Å². The van der Waals surface area contributed by atoms with Gasteiger partial charge in [-0.05, 0) is 30.4 Å². The summed E-state index contributed by atoms with van der Waals surface area (Å²) in [6.45, 7) is 0. The van der Waals surface area contributed by atoms with E-state index in [0.717, 1.165) is 38.7 Å². The van der Waals surface area contributed by atoms with Gasteiger partial charge in [0, 0.05) is 49.0 Å². The molecule has 3 aliphatic rings. The Morgan fingerprint density at radius 3 is 2.05 bits per heavy atom. The number of aromatic amines is 1. The van der Waals surface area contributed by atoms with Crippen molar-refractivity contribution in [3.63, 3.8) is 0 Å². The fraction of sp³-hybridized carbons (Fsp3) is 0. The average molecular weight is 502 g/mol. The number of nitrogens with one attached hydrogen (secondary N) is 1. The smallest absolute Gasteiger partial charge is 0.186 e. The Balaban J connectivity index is 0.000000165. The van der Waals surface area contributed by atoms with Crippen LogP contribution in [0.2, 0.25) is 0 Å². The molecule has 0 unspecified atom stereocenters. The summed E-state index contributed by atoms with van der Waals surface area (Å²) in [7, 11) is 0. The number of rotatable bonds is 0. The van der Waals surface area contributed by atoms with Gasteiger partial charge in [-0.15, -0.1) is 0 Å². The van der Waals surface area contributed by atoms with E-state index in [-0.39, 0.29) is 11.6 Å². The molecule has 3 heterocycles. The van der Waals surface area contributed by atoms with Gasteiger partial charge in [0.25, 0.3) is 0 Å². The summed E-state index contributed by atoms with van der Waals surface area (Å²) in [4.78, 5) is 36.1. The monoisotopic (exact) mass is 501 g/mol. The molecule has 0 saturated heterocycles. The number of nitrogens with zero attached hydrogens (tertiary/aromatic N) is 2. The molecule has 5 nitrogen and oxygen atoms in total. The van der Waals surface area contributed by atoms with Crippen molar-refractivity contribution < 1.29 is 9.59 Å². The van der Waals surface area contributed by atoms with Crippen LogP contribution >= 0.6 is 0 Å². The van der Waals surface area contributed by atoms with Crippen LogP contribution in [0.15, 0.2) is 119 Å². The highest BCUT2D eigenvalue weighted by molar-refractivity contribution is 6.22. The number of benzene rings is 5. The minimum Gasteiger partial charge on any atom is -0.354 e. The number of para-hydroxylation sites is 3. The standard InChI is InChI=1S/C24H13N3.C10H6O2/c1-4-10-16-13(7-1)19-22(25-16)20-15-9-3-6-12-18(15)27-24(20)21-14-8-2-5-11-17(14)26-23(19)21;11-9-5-6-10(12)8-4-2-1-3-7(8)9/h1-12,25H;1-6H. The fourth-order valence-corrected chi connectivity index (χ4v) is 5.85. The highest BCUT2D eigenvalue weighted by atomic mass is 16.1. The van der Waals surface area contributed by atoms with Gasteiger partial charge in [-0.3, -0.25) is 9.59 Å². The Bertz CT molecular complexity index is 2290. The molecule has 0 atom stereocenters. The first-order valence-corrected chi connectivity index (χ1v) is 12.8. The number of fused-ring (bicyclic) bond motifs is 12. The van der Waals surface area contributed by atoms with Crippen LogP contribution in [-0.2, 0) is 0 Å². The van der Waals surface area contributed by atoms with Crippen LogP contribution in [0, 0.1) is 10.4 Å². The molecule has 0 radical (unpaired) electrons. The van der Waals surface area contributed by atoms with E-state index in [1.165, 1.54) is 38.9 Å². The van der Waals surface area contributed by atoms with Gasteiger partial charge in [0.2, 0.25) is 0 Å². The van der Waals surface area contributed by atoms with Crippen LogP contribution in [0.5, 0.6) is 0 Å². The Labute approximate surface area is 221 Å². The normalized spacial score (nSPS) is 13.5. The summed E-state index contributed by atoms with van der Waals surface area (Å²) in [5.74, 6) is -0.185. The predicted octanol–water partition coefficient (Wildman–Crippen LogP) is 6.43. The molecule has 5 heteroatoms. The van der Waals surface area contributed by atoms with Gasteiger partial charge in [-0.1, -0.05) is 78.9 Å². The van der Waals surface area contributed by atoms with E-state index in [0.29, 0.717) is 11.1 Å². The van der Waals surface area contributed by atoms with Gasteiger partial charge in [0.15, 0.2) is 11.6 Å². The Morgan fingerprint density at radius 2 is 1.26 bits per heavy atom. The van der Waals surface area contributed by atoms with Gasteiger partial charge in [-0.25, -0.2) is 9.98 Å². The highest BCUT2D eigenvalue weighted by Gasteiger charge is 2.25. The lowest BCUT2D eigenvalue weighted by Crippen LogP contribution is -2.10. The molecule has 6 aromatic rings. The minimum absolute atomic E-state index is 0.0924. The lowest BCUT2D eigenvalue weighted by molar-refractivity contribution is 0.0994. The van der Waals surface area contributed by atoms with Crippen LogP contribution in [0.1, 0.15) is 20.7 Å². The molecule has 1 aromatic heterocycles. The zero-order valence-corrected chi connectivity index (χ0v) is 20.6. The van der Waals surface area contributed by atoms with Crippen LogP contribution in [0.4, 0.5) is 11.4 Å². The van der Waals surface area contributed by atoms with Crippen molar-refractivity contribution in [2.45, 2.75) is 0 Å². The molecule has 0 bridgehead atoms. The van der Waals surface area contributed by atoms with Crippen LogP contribution in [0.3, 0.4) is 0 Å². The zero-order chi connectivity index (χ0) is 26.1. The Morgan fingerprint density at radius 1 is 0.615 bits per heavy atom. The molecule has 1 N–H and O–H groups in total. The van der Waals surface area contributed by atoms with E-state index < -0.39 is 0 Å². The van der Waals surface area contributed by atoms with E-state index >= 15 is 0 Å². The molecule has 0 spiro atoms. The van der Waals surface area contributed by atoms with Crippen molar-refractivity contribution in [1.29, 1.82) is 0 Å². The second-order valence-corrected chi connectivity index (χ2v) is 9.73. The van der Waals surface area contributed by atoms with Gasteiger partial charge in [0.05, 0.1) is 27.6 Å². The van der Waals surface area contributed by atoms with Crippen LogP contribution < -0.4 is 10.7 Å². The summed E-state index contributed by atoms with van der Waals surface area (Å²) >= 11 is 0. The van der Waals surface area contributed by atoms with Crippen molar-refractivity contribution in [2.24, 2.45) is 9.98 Å². The molecule has 2 aliphatic heterocycles. The summed E-state index contributed by atoms with van der Waals surface area (Å²) in [5.41, 5.74) is 7.68. The fourth-order valence-electron chi connectivity index (χ4n) is 5.85. The molecular formula is C34H19N3O2. The quantitative estimate of drug-likeness (QED) is 0.260. The first-order chi connectivity index (χ1) is 19.2. The lowest BCUT2D eigenvalue weighted by atomic mass is 9.95. The third kappa shape index (κ3) is 3.07. The Hall–Kier alpha value is -5.42. The van der Waals surface area contributed by atoms with E-state index in [1.54, 1.807) is 24.3 Å². The van der Waals surface area contributed by atoms with E-state index in [4.69, 9.17) is 9.98 Å². The largest absolute Gasteiger partial charge is 0.354 e. The van der Waals surface area contributed by atoms with E-state index in [2.05, 4.69) is 71.7 Å². The maximum Gasteiger partial charge on any atom is 0.186 e. The summed E-state index contributed by atoms with van der Waals surface area (Å²) < 4.78 is 0. The molecule has 1 aliphatic carbocycles. The maximum atomic E-state index is 11.2. The number of hydrogen-bond acceptors (Lipinski definition) is 4. The zero-order valence-electron chi connectivity index (χ0n) is 20.6. The van der Waals surface area contributed by atoms with Crippen molar-refractivity contribution in [1.82, 2.24) is 4.98 Å². The molecule has 182 valence electrons. The van der Waals surface area contributed by atoms with E-state index in [9.17, 15) is 9.59 Å². The highest BCUT2D eigenvalue weighted by Crippen LogP contribution is 2.42. The second kappa shape index (κ2) is 8.04. The molecule has 0 amide bonds. The molecule has 5 aromatic carbocycles. The third-order valence-electron chi connectivity index (χ3n) is 7.56. The first-order valence-electron chi connectivity index (χ1n) is 12.8. The lowest BCUT2D eigenvalue weighted by Gasteiger charge is -2.06. The predicted molar refractivity (Wildman–Crippen MR) is 151 cm³/mol. The van der Waals surface area contributed by atoms with Crippen molar-refractivity contribution >= 4 is 44.7 Å². The van der Waals surface area contributed by atoms with Gasteiger partial charge in [-0.2, -0.15) is 0 Å². The third-order valence-corrected chi connectivity index (χ3v) is 7.56. The molecule has 9 rings (SSSR count). The number of aromatic nitrogens is 1. The molecule has 0 fully saturated rings. The van der Waals surface area contributed by atoms with Crippen molar-refractivity contribution in [3.05, 3.63) is 141 Å². The minimum atomic E-state index is -0.0924.